The smallest absolute Gasteiger partial charge is 0.316 e. The van der Waals surface area contributed by atoms with Crippen LogP contribution in [0.25, 0.3) is 11.1 Å². The summed E-state index contributed by atoms with van der Waals surface area (Å²) in [6, 6.07) is 11.0. The number of carbonyl (C=O) groups excluding carboxylic acids is 4. The molecule has 2 amide bonds. The highest BCUT2D eigenvalue weighted by molar-refractivity contribution is 6.64. The van der Waals surface area contributed by atoms with Crippen molar-refractivity contribution in [2.75, 3.05) is 13.2 Å². The van der Waals surface area contributed by atoms with Crippen molar-refractivity contribution in [2.24, 2.45) is 10.8 Å². The molecule has 312 valence electrons. The van der Waals surface area contributed by atoms with Crippen molar-refractivity contribution < 1.29 is 38.5 Å². The molecule has 4 atom stereocenters. The molecule has 4 aliphatic rings. The van der Waals surface area contributed by atoms with Crippen LogP contribution in [-0.2, 0) is 33.4 Å². The minimum Gasteiger partial charge on any atom is -0.509 e. The zero-order chi connectivity index (χ0) is 42.7. The van der Waals surface area contributed by atoms with Gasteiger partial charge in [-0.25, -0.2) is 0 Å². The van der Waals surface area contributed by atoms with E-state index in [1.54, 1.807) is 53.7 Å². The summed E-state index contributed by atoms with van der Waals surface area (Å²) in [7, 11) is 0. The highest BCUT2D eigenvalue weighted by Crippen LogP contribution is 2.45. The van der Waals surface area contributed by atoms with Crippen LogP contribution in [0.1, 0.15) is 116 Å². The van der Waals surface area contributed by atoms with E-state index in [1.165, 1.54) is 0 Å². The number of hydrogen-bond donors (Lipinski definition) is 3. The third kappa shape index (κ3) is 10.6. The Labute approximate surface area is 352 Å². The lowest BCUT2D eigenvalue weighted by Gasteiger charge is -2.39. The number of rotatable bonds is 5. The Morgan fingerprint density at radius 2 is 1.19 bits per heavy atom. The number of aliphatic hydroxyl groups is 1. The summed E-state index contributed by atoms with van der Waals surface area (Å²) in [6.45, 7) is 19.7. The van der Waals surface area contributed by atoms with Crippen LogP contribution >= 0.6 is 34.8 Å². The fourth-order valence-corrected chi connectivity index (χ4v) is 7.63. The molecule has 0 radical (unpaired) electrons. The quantitative estimate of drug-likeness (QED) is 0.200. The molecule has 2 fully saturated rings. The third-order valence-corrected chi connectivity index (χ3v) is 11.7. The fraction of sp³-hybridized carbons (Fsp3) is 0.545. The molecule has 2 spiro atoms. The average molecular weight is 848 g/mol. The molecular weight excluding hydrogens is 791 g/mol. The van der Waals surface area contributed by atoms with Crippen molar-refractivity contribution in [3.05, 3.63) is 80.2 Å². The Balaban J connectivity index is 0.000000221. The molecule has 10 nitrogen and oxygen atoms in total. The first-order chi connectivity index (χ1) is 26.5. The lowest BCUT2D eigenvalue weighted by atomic mass is 9.83. The molecule has 3 N–H and O–H groups in total. The van der Waals surface area contributed by atoms with Gasteiger partial charge >= 0.3 is 5.97 Å². The zero-order valence-corrected chi connectivity index (χ0v) is 37.0. The number of carbonyl (C=O) groups is 4. The van der Waals surface area contributed by atoms with Gasteiger partial charge in [0.1, 0.15) is 22.6 Å². The van der Waals surface area contributed by atoms with Gasteiger partial charge in [-0.1, -0.05) is 82.1 Å². The molecule has 4 unspecified atom stereocenters. The van der Waals surface area contributed by atoms with Gasteiger partial charge < -0.3 is 30.0 Å². The monoisotopic (exact) mass is 846 g/mol. The number of hydrogen-bond acceptors (Lipinski definition) is 8. The summed E-state index contributed by atoms with van der Waals surface area (Å²) >= 11 is 17.9. The second-order valence-electron chi connectivity index (χ2n) is 17.3. The number of benzene rings is 2. The number of aliphatic hydroxyl groups excluding tert-OH is 1. The molecule has 4 heterocycles. The molecule has 2 aromatic rings. The molecule has 57 heavy (non-hydrogen) atoms. The molecule has 13 heteroatoms. The van der Waals surface area contributed by atoms with Gasteiger partial charge in [0.05, 0.1) is 28.8 Å². The van der Waals surface area contributed by atoms with Crippen LogP contribution in [0.2, 0.25) is 10.0 Å². The molecule has 0 aromatic heterocycles. The van der Waals surface area contributed by atoms with Crippen molar-refractivity contribution in [2.45, 2.75) is 131 Å². The normalized spacial score (nSPS) is 24.7. The predicted molar refractivity (Wildman–Crippen MR) is 225 cm³/mol. The molecule has 2 saturated heterocycles. The van der Waals surface area contributed by atoms with Crippen LogP contribution in [0.4, 0.5) is 0 Å². The van der Waals surface area contributed by atoms with Gasteiger partial charge in [-0.05, 0) is 82.3 Å². The lowest BCUT2D eigenvalue weighted by Crippen LogP contribution is -2.52. The van der Waals surface area contributed by atoms with Crippen molar-refractivity contribution in [3.63, 3.8) is 0 Å². The van der Waals surface area contributed by atoms with Crippen LogP contribution in [0, 0.1) is 24.7 Å². The summed E-state index contributed by atoms with van der Waals surface area (Å²) < 4.78 is 17.4. The van der Waals surface area contributed by atoms with E-state index in [-0.39, 0.29) is 46.4 Å². The molecular formula is C44H57Cl3N2O8. The number of amides is 2. The van der Waals surface area contributed by atoms with E-state index in [2.05, 4.69) is 10.6 Å². The standard InChI is InChI=1S/C22H28ClNO4.C17H20ClNO3.C5H9ClO/c1-6-14-12-22(9-10-27-14)18(28-20(26)21(3,4)5)17(19(25)24-22)15-8-7-13(2)11-16(15)23;1-3-11-9-17(6-7-22-11)15(20)14(16(21)19-17)12-5-4-10(2)8-13(12)18;1-5(2,3)4(6)7/h7-8,11,14H,6,9-10,12H2,1-5H3,(H,24,25);4-5,8,11,20H,3,6-7,9H2,1-2H3,(H,19,21);1-3H3. The minimum absolute atomic E-state index is 0.00905. The zero-order valence-electron chi connectivity index (χ0n) is 34.7. The Morgan fingerprint density at radius 1 is 0.772 bits per heavy atom. The summed E-state index contributed by atoms with van der Waals surface area (Å²) in [6.07, 6.45) is 3.99. The van der Waals surface area contributed by atoms with Gasteiger partial charge in [-0.2, -0.15) is 0 Å². The van der Waals surface area contributed by atoms with Gasteiger partial charge in [0.25, 0.3) is 11.8 Å². The maximum absolute atomic E-state index is 13.1. The highest BCUT2D eigenvalue weighted by atomic mass is 35.5. The topological polar surface area (TPSA) is 140 Å². The van der Waals surface area contributed by atoms with Gasteiger partial charge in [-0.3, -0.25) is 19.2 Å². The second-order valence-corrected chi connectivity index (χ2v) is 18.5. The van der Waals surface area contributed by atoms with Gasteiger partial charge in [0, 0.05) is 65.5 Å². The van der Waals surface area contributed by atoms with Crippen LogP contribution in [0.5, 0.6) is 0 Å². The summed E-state index contributed by atoms with van der Waals surface area (Å²) in [5.74, 6) is -0.423. The maximum Gasteiger partial charge on any atom is 0.316 e. The number of aryl methyl sites for hydroxylation is 2. The molecule has 0 aliphatic carbocycles. The van der Waals surface area contributed by atoms with Crippen LogP contribution in [0.3, 0.4) is 0 Å². The third-order valence-electron chi connectivity index (χ3n) is 10.5. The van der Waals surface area contributed by atoms with Crippen LogP contribution < -0.4 is 10.6 Å². The van der Waals surface area contributed by atoms with E-state index in [0.717, 1.165) is 24.0 Å². The molecule has 0 bridgehead atoms. The maximum atomic E-state index is 13.1. The van der Waals surface area contributed by atoms with Crippen LogP contribution in [0.15, 0.2) is 47.9 Å². The highest BCUT2D eigenvalue weighted by Gasteiger charge is 2.52. The van der Waals surface area contributed by atoms with Gasteiger partial charge in [0.15, 0.2) is 0 Å². The Kier molecular flexibility index (Phi) is 14.8. The first kappa shape index (κ1) is 46.3. The van der Waals surface area contributed by atoms with Gasteiger partial charge in [0.2, 0.25) is 5.24 Å². The van der Waals surface area contributed by atoms with E-state index in [1.807, 2.05) is 52.0 Å². The Bertz CT molecular complexity index is 1950. The molecule has 2 aromatic carbocycles. The van der Waals surface area contributed by atoms with Crippen molar-refractivity contribution in [1.29, 1.82) is 0 Å². The average Bonchev–Trinajstić information content (AvgIpc) is 3.50. The number of esters is 1. The number of ether oxygens (including phenoxy) is 3. The summed E-state index contributed by atoms with van der Waals surface area (Å²) in [5.41, 5.74) is 1.28. The Hall–Kier alpha value is -3.41. The van der Waals surface area contributed by atoms with E-state index >= 15 is 0 Å². The predicted octanol–water partition coefficient (Wildman–Crippen LogP) is 9.58. The largest absolute Gasteiger partial charge is 0.509 e. The summed E-state index contributed by atoms with van der Waals surface area (Å²) in [5, 5.41) is 17.5. The molecule has 0 saturated carbocycles. The minimum atomic E-state index is -0.750. The van der Waals surface area contributed by atoms with Crippen molar-refractivity contribution >= 4 is 69.0 Å². The van der Waals surface area contributed by atoms with E-state index in [4.69, 9.17) is 49.0 Å². The first-order valence-electron chi connectivity index (χ1n) is 19.5. The fourth-order valence-electron chi connectivity index (χ4n) is 6.97. The lowest BCUT2D eigenvalue weighted by molar-refractivity contribution is -0.151. The molecule has 4 aliphatic heterocycles. The van der Waals surface area contributed by atoms with E-state index in [0.29, 0.717) is 77.0 Å². The van der Waals surface area contributed by atoms with E-state index < -0.39 is 16.5 Å². The second kappa shape index (κ2) is 18.2. The first-order valence-corrected chi connectivity index (χ1v) is 20.6. The van der Waals surface area contributed by atoms with Crippen molar-refractivity contribution in [3.8, 4) is 0 Å². The van der Waals surface area contributed by atoms with Crippen molar-refractivity contribution in [1.82, 2.24) is 10.6 Å². The number of halogens is 3. The summed E-state index contributed by atoms with van der Waals surface area (Å²) in [4.78, 5) is 48.5. The number of nitrogens with one attached hydrogen (secondary N) is 2. The van der Waals surface area contributed by atoms with Gasteiger partial charge in [-0.15, -0.1) is 0 Å². The van der Waals surface area contributed by atoms with E-state index in [9.17, 15) is 24.3 Å². The van der Waals surface area contributed by atoms with Crippen LogP contribution in [-0.4, -0.2) is 64.6 Å². The Morgan fingerprint density at radius 3 is 1.63 bits per heavy atom. The SMILES string of the molecule is CC(C)(C)C(=O)Cl.CCC1CC2(CCO1)NC(=O)C(c1ccc(C)cc1Cl)=C2O.CCC1CC2(CCO1)NC(=O)C(c1ccc(C)cc1Cl)=C2OC(=O)C(C)(C)C. The molecule has 6 rings (SSSR count).